The monoisotopic (exact) mass is 294 g/mol. The molecule has 0 radical (unpaired) electrons. The predicted molar refractivity (Wildman–Crippen MR) is 65.0 cm³/mol. The molecule has 0 saturated heterocycles. The highest BCUT2D eigenvalue weighted by molar-refractivity contribution is 7.17. The molecular weight excluding hydrogens is 281 g/mol. The van der Waals surface area contributed by atoms with E-state index in [1.807, 2.05) is 0 Å². The third kappa shape index (κ3) is 3.59. The number of hydrogen-bond donors (Lipinski definition) is 1. The lowest BCUT2D eigenvalue weighted by Crippen LogP contribution is -2.23. The Balaban J connectivity index is 2.11. The van der Waals surface area contributed by atoms with Crippen molar-refractivity contribution in [3.05, 3.63) is 10.6 Å². The second-order valence-electron chi connectivity index (χ2n) is 4.58. The van der Waals surface area contributed by atoms with E-state index < -0.39 is 18.6 Å². The van der Waals surface area contributed by atoms with E-state index in [0.29, 0.717) is 10.8 Å². The van der Waals surface area contributed by atoms with Crippen LogP contribution in [0.2, 0.25) is 0 Å². The SMILES string of the molecule is CN(CCC(F)(F)F)c1nc(C2CC2)c(C(=O)O)s1. The number of carbonyl (C=O) groups is 1. The van der Waals surface area contributed by atoms with Crippen LogP contribution in [0.5, 0.6) is 0 Å². The zero-order valence-electron chi connectivity index (χ0n) is 10.2. The number of thiazole rings is 1. The van der Waals surface area contributed by atoms with Gasteiger partial charge in [-0.25, -0.2) is 9.78 Å². The number of anilines is 1. The van der Waals surface area contributed by atoms with Crippen LogP contribution in [0.25, 0.3) is 0 Å². The first kappa shape index (κ1) is 14.1. The molecule has 0 aromatic carbocycles. The van der Waals surface area contributed by atoms with Gasteiger partial charge in [-0.3, -0.25) is 0 Å². The fourth-order valence-electron chi connectivity index (χ4n) is 1.66. The van der Waals surface area contributed by atoms with Crippen LogP contribution in [0.1, 0.15) is 40.5 Å². The summed E-state index contributed by atoms with van der Waals surface area (Å²) < 4.78 is 36.4. The average molecular weight is 294 g/mol. The number of carboxylic acid groups (broad SMARTS) is 1. The van der Waals surface area contributed by atoms with Gasteiger partial charge in [0.1, 0.15) is 4.88 Å². The van der Waals surface area contributed by atoms with Gasteiger partial charge in [-0.1, -0.05) is 11.3 Å². The lowest BCUT2D eigenvalue weighted by atomic mass is 10.2. The summed E-state index contributed by atoms with van der Waals surface area (Å²) in [7, 11) is 1.49. The molecule has 0 bridgehead atoms. The van der Waals surface area contributed by atoms with E-state index >= 15 is 0 Å². The van der Waals surface area contributed by atoms with Crippen molar-refractivity contribution in [2.75, 3.05) is 18.5 Å². The Morgan fingerprint density at radius 3 is 2.63 bits per heavy atom. The maximum atomic E-state index is 12.1. The molecule has 1 saturated carbocycles. The second kappa shape index (κ2) is 4.99. The minimum absolute atomic E-state index is 0.149. The van der Waals surface area contributed by atoms with Gasteiger partial charge >= 0.3 is 12.1 Å². The predicted octanol–water partition coefficient (Wildman–Crippen LogP) is 3.11. The van der Waals surface area contributed by atoms with Crippen LogP contribution in [-0.2, 0) is 0 Å². The molecule has 0 spiro atoms. The zero-order valence-corrected chi connectivity index (χ0v) is 11.0. The van der Waals surface area contributed by atoms with E-state index in [1.54, 1.807) is 0 Å². The summed E-state index contributed by atoms with van der Waals surface area (Å²) in [6.45, 7) is -0.222. The van der Waals surface area contributed by atoms with Crippen molar-refractivity contribution in [1.82, 2.24) is 4.98 Å². The molecule has 0 unspecified atom stereocenters. The first-order valence-corrected chi connectivity index (χ1v) is 6.61. The molecule has 1 heterocycles. The zero-order chi connectivity index (χ0) is 14.2. The molecule has 8 heteroatoms. The Hall–Kier alpha value is -1.31. The highest BCUT2D eigenvalue weighted by atomic mass is 32.1. The number of nitrogens with zero attached hydrogens (tertiary/aromatic N) is 2. The van der Waals surface area contributed by atoms with E-state index in [1.165, 1.54) is 11.9 Å². The van der Waals surface area contributed by atoms with Crippen molar-refractivity contribution in [3.63, 3.8) is 0 Å². The number of rotatable bonds is 5. The van der Waals surface area contributed by atoms with Gasteiger partial charge in [0.15, 0.2) is 5.13 Å². The fourth-order valence-corrected chi connectivity index (χ4v) is 2.64. The van der Waals surface area contributed by atoms with Crippen molar-refractivity contribution in [1.29, 1.82) is 0 Å². The Kier molecular flexibility index (Phi) is 3.71. The summed E-state index contributed by atoms with van der Waals surface area (Å²) in [5.74, 6) is -0.901. The summed E-state index contributed by atoms with van der Waals surface area (Å²) in [6.07, 6.45) is -3.36. The third-order valence-corrected chi connectivity index (χ3v) is 4.03. The van der Waals surface area contributed by atoms with Gasteiger partial charge < -0.3 is 10.0 Å². The van der Waals surface area contributed by atoms with Gasteiger partial charge in [0, 0.05) is 19.5 Å². The molecule has 1 aromatic rings. The summed E-state index contributed by atoms with van der Waals surface area (Å²) in [5, 5.41) is 9.41. The molecule has 1 N–H and O–H groups in total. The molecule has 0 atom stereocenters. The van der Waals surface area contributed by atoms with E-state index in [0.717, 1.165) is 24.2 Å². The molecule has 1 aliphatic carbocycles. The highest BCUT2D eigenvalue weighted by Gasteiger charge is 2.33. The molecule has 0 amide bonds. The van der Waals surface area contributed by atoms with E-state index in [4.69, 9.17) is 5.11 Å². The lowest BCUT2D eigenvalue weighted by Gasteiger charge is -2.16. The largest absolute Gasteiger partial charge is 0.477 e. The normalized spacial score (nSPS) is 15.6. The quantitative estimate of drug-likeness (QED) is 0.906. The molecule has 19 heavy (non-hydrogen) atoms. The number of aromatic carboxylic acids is 1. The van der Waals surface area contributed by atoms with Crippen LogP contribution in [0, 0.1) is 0 Å². The number of alkyl halides is 3. The molecule has 2 rings (SSSR count). The summed E-state index contributed by atoms with van der Waals surface area (Å²) in [6, 6.07) is 0. The minimum Gasteiger partial charge on any atom is -0.477 e. The van der Waals surface area contributed by atoms with Crippen LogP contribution < -0.4 is 4.90 Å². The van der Waals surface area contributed by atoms with Crippen molar-refractivity contribution >= 4 is 22.4 Å². The van der Waals surface area contributed by atoms with Crippen molar-refractivity contribution in [3.8, 4) is 0 Å². The lowest BCUT2D eigenvalue weighted by molar-refractivity contribution is -0.132. The summed E-state index contributed by atoms with van der Waals surface area (Å²) >= 11 is 0.943. The second-order valence-corrected chi connectivity index (χ2v) is 5.55. The van der Waals surface area contributed by atoms with Gasteiger partial charge in [0.2, 0.25) is 0 Å². The van der Waals surface area contributed by atoms with Crippen LogP contribution in [0.4, 0.5) is 18.3 Å². The van der Waals surface area contributed by atoms with E-state index in [9.17, 15) is 18.0 Å². The van der Waals surface area contributed by atoms with Gasteiger partial charge in [-0.2, -0.15) is 13.2 Å². The Morgan fingerprint density at radius 2 is 2.16 bits per heavy atom. The van der Waals surface area contributed by atoms with Crippen LogP contribution in [0.3, 0.4) is 0 Å². The number of carboxylic acids is 1. The standard InChI is InChI=1S/C11H13F3N2O2S/c1-16(5-4-11(12,13)14)10-15-7(6-2-3-6)8(19-10)9(17)18/h6H,2-5H2,1H3,(H,17,18). The van der Waals surface area contributed by atoms with E-state index in [-0.39, 0.29) is 17.3 Å². The molecule has 4 nitrogen and oxygen atoms in total. The fraction of sp³-hybridized carbons (Fsp3) is 0.636. The molecule has 1 aromatic heterocycles. The van der Waals surface area contributed by atoms with Gasteiger partial charge in [0.25, 0.3) is 0 Å². The maximum absolute atomic E-state index is 12.1. The third-order valence-electron chi connectivity index (χ3n) is 2.86. The van der Waals surface area contributed by atoms with Crippen molar-refractivity contribution in [2.24, 2.45) is 0 Å². The molecular formula is C11H13F3N2O2S. The Morgan fingerprint density at radius 1 is 1.53 bits per heavy atom. The molecule has 0 aliphatic heterocycles. The van der Waals surface area contributed by atoms with Crippen molar-refractivity contribution < 1.29 is 23.1 Å². The first-order chi connectivity index (χ1) is 8.78. The van der Waals surface area contributed by atoms with Gasteiger partial charge in [0.05, 0.1) is 12.1 Å². The van der Waals surface area contributed by atoms with Crippen molar-refractivity contribution in [2.45, 2.75) is 31.4 Å². The molecule has 106 valence electrons. The number of aromatic nitrogens is 1. The van der Waals surface area contributed by atoms with Gasteiger partial charge in [-0.15, -0.1) is 0 Å². The average Bonchev–Trinajstić information content (AvgIpc) is 3.03. The Bertz CT molecular complexity index is 483. The highest BCUT2D eigenvalue weighted by Crippen LogP contribution is 2.44. The molecule has 1 fully saturated rings. The Labute approximate surface area is 111 Å². The molecule has 1 aliphatic rings. The number of hydrogen-bond acceptors (Lipinski definition) is 4. The van der Waals surface area contributed by atoms with E-state index in [2.05, 4.69) is 4.98 Å². The smallest absolute Gasteiger partial charge is 0.390 e. The van der Waals surface area contributed by atoms with Crippen LogP contribution >= 0.6 is 11.3 Å². The minimum atomic E-state index is -4.22. The number of halogens is 3. The first-order valence-electron chi connectivity index (χ1n) is 5.80. The maximum Gasteiger partial charge on any atom is 0.390 e. The van der Waals surface area contributed by atoms with Crippen LogP contribution in [-0.4, -0.2) is 35.8 Å². The van der Waals surface area contributed by atoms with Gasteiger partial charge in [-0.05, 0) is 12.8 Å². The topological polar surface area (TPSA) is 53.4 Å². The van der Waals surface area contributed by atoms with Crippen LogP contribution in [0.15, 0.2) is 0 Å². The summed E-state index contributed by atoms with van der Waals surface area (Å²) in [4.78, 5) is 16.8. The summed E-state index contributed by atoms with van der Waals surface area (Å²) in [5.41, 5.74) is 0.520.